The van der Waals surface area contributed by atoms with Gasteiger partial charge in [0.15, 0.2) is 6.29 Å². The normalized spacial score (nSPS) is 20.2. The largest absolute Gasteiger partial charge is 0.322 e. The van der Waals surface area contributed by atoms with E-state index in [0.717, 1.165) is 11.3 Å². The molecule has 3 rings (SSSR count). The molecular formula is C17H20ClN5O2. The summed E-state index contributed by atoms with van der Waals surface area (Å²) in [4.78, 5) is 24.2. The molecule has 0 spiro atoms. The Hall–Kier alpha value is -2.38. The summed E-state index contributed by atoms with van der Waals surface area (Å²) in [6.07, 6.45) is 0.0657. The molecule has 3 N–H and O–H groups in total. The number of carbonyl (C=O) groups is 2. The second kappa shape index (κ2) is 7.25. The second-order valence-electron chi connectivity index (χ2n) is 6.17. The molecule has 1 fully saturated rings. The van der Waals surface area contributed by atoms with Gasteiger partial charge in [0.05, 0.1) is 12.1 Å². The number of carbonyl (C=O) groups excluding carboxylic acids is 2. The highest BCUT2D eigenvalue weighted by atomic mass is 35.5. The van der Waals surface area contributed by atoms with Crippen LogP contribution in [0.25, 0.3) is 0 Å². The Morgan fingerprint density at radius 2 is 2.20 bits per heavy atom. The molecule has 2 aromatic rings. The quantitative estimate of drug-likeness (QED) is 0.777. The van der Waals surface area contributed by atoms with Crippen molar-refractivity contribution in [3.8, 4) is 0 Å². The van der Waals surface area contributed by atoms with Crippen LogP contribution >= 0.6 is 11.6 Å². The SMILES string of the molecule is Cc1cc(NC(=O)Cc2ccccc2Cl)n(C2NC(=O)CC(C)N2)n1. The number of benzene rings is 1. The van der Waals surface area contributed by atoms with E-state index >= 15 is 0 Å². The second-order valence-corrected chi connectivity index (χ2v) is 6.58. The lowest BCUT2D eigenvalue weighted by atomic mass is 10.1. The highest BCUT2D eigenvalue weighted by molar-refractivity contribution is 6.31. The Morgan fingerprint density at radius 3 is 2.92 bits per heavy atom. The number of anilines is 1. The minimum atomic E-state index is -0.499. The maximum Gasteiger partial charge on any atom is 0.229 e. The van der Waals surface area contributed by atoms with Gasteiger partial charge in [-0.25, -0.2) is 4.68 Å². The lowest BCUT2D eigenvalue weighted by molar-refractivity contribution is -0.125. The van der Waals surface area contributed by atoms with Crippen LogP contribution in [0.1, 0.15) is 30.9 Å². The number of halogens is 1. The fourth-order valence-corrected chi connectivity index (χ4v) is 3.00. The molecule has 2 amide bonds. The number of nitrogens with zero attached hydrogens (tertiary/aromatic N) is 2. The Kier molecular flexibility index (Phi) is 5.06. The fraction of sp³-hybridized carbons (Fsp3) is 0.353. The van der Waals surface area contributed by atoms with Gasteiger partial charge in [-0.1, -0.05) is 29.8 Å². The number of hydrogen-bond donors (Lipinski definition) is 3. The Labute approximate surface area is 150 Å². The summed E-state index contributed by atoms with van der Waals surface area (Å²) in [5.74, 6) is 0.253. The molecule has 132 valence electrons. The molecule has 7 nitrogen and oxygen atoms in total. The van der Waals surface area contributed by atoms with Gasteiger partial charge >= 0.3 is 0 Å². The number of nitrogens with one attached hydrogen (secondary N) is 3. The van der Waals surface area contributed by atoms with Crippen LogP contribution in [0.4, 0.5) is 5.82 Å². The van der Waals surface area contributed by atoms with Crippen molar-refractivity contribution >= 4 is 29.2 Å². The van der Waals surface area contributed by atoms with Crippen LogP contribution in [0.3, 0.4) is 0 Å². The van der Waals surface area contributed by atoms with Crippen LogP contribution in [0.2, 0.25) is 5.02 Å². The molecule has 1 saturated heterocycles. The van der Waals surface area contributed by atoms with Gasteiger partial charge in [-0.05, 0) is 25.5 Å². The van der Waals surface area contributed by atoms with E-state index in [1.165, 1.54) is 0 Å². The summed E-state index contributed by atoms with van der Waals surface area (Å²) in [7, 11) is 0. The van der Waals surface area contributed by atoms with Gasteiger partial charge in [-0.3, -0.25) is 14.9 Å². The standard InChI is InChI=1S/C17H20ClN5O2/c1-10-8-15(24)21-17(19-10)23-14(7-11(2)22-23)20-16(25)9-12-5-3-4-6-13(12)18/h3-7,10,17,19H,8-9H2,1-2H3,(H,20,25)(H,21,24). The highest BCUT2D eigenvalue weighted by Gasteiger charge is 2.26. The third-order valence-electron chi connectivity index (χ3n) is 3.91. The molecule has 8 heteroatoms. The van der Waals surface area contributed by atoms with Crippen molar-refractivity contribution in [3.63, 3.8) is 0 Å². The van der Waals surface area contributed by atoms with Gasteiger partial charge in [0, 0.05) is 23.6 Å². The number of aromatic nitrogens is 2. The lowest BCUT2D eigenvalue weighted by Gasteiger charge is -2.30. The van der Waals surface area contributed by atoms with E-state index in [-0.39, 0.29) is 24.3 Å². The molecule has 2 heterocycles. The molecule has 0 radical (unpaired) electrons. The predicted octanol–water partition coefficient (Wildman–Crippen LogP) is 1.98. The number of rotatable bonds is 4. The van der Waals surface area contributed by atoms with Crippen LogP contribution in [-0.2, 0) is 16.0 Å². The minimum Gasteiger partial charge on any atom is -0.322 e. The average molecular weight is 362 g/mol. The van der Waals surface area contributed by atoms with E-state index in [4.69, 9.17) is 11.6 Å². The molecule has 2 atom stereocenters. The monoisotopic (exact) mass is 361 g/mol. The zero-order chi connectivity index (χ0) is 18.0. The highest BCUT2D eigenvalue weighted by Crippen LogP contribution is 2.19. The van der Waals surface area contributed by atoms with Crippen molar-refractivity contribution in [2.75, 3.05) is 5.32 Å². The van der Waals surface area contributed by atoms with Gasteiger partial charge < -0.3 is 10.6 Å². The topological polar surface area (TPSA) is 88.0 Å². The van der Waals surface area contributed by atoms with Crippen molar-refractivity contribution in [1.82, 2.24) is 20.4 Å². The van der Waals surface area contributed by atoms with E-state index in [1.807, 2.05) is 32.0 Å². The molecule has 1 aromatic carbocycles. The summed E-state index contributed by atoms with van der Waals surface area (Å²) in [6, 6.07) is 9.01. The summed E-state index contributed by atoms with van der Waals surface area (Å²) in [5, 5.41) is 13.9. The first kappa shape index (κ1) is 17.4. The predicted molar refractivity (Wildman–Crippen MR) is 95.1 cm³/mol. The minimum absolute atomic E-state index is 0.0231. The summed E-state index contributed by atoms with van der Waals surface area (Å²) < 4.78 is 1.58. The zero-order valence-corrected chi connectivity index (χ0v) is 14.8. The number of hydrogen-bond acceptors (Lipinski definition) is 4. The molecule has 2 unspecified atom stereocenters. The van der Waals surface area contributed by atoms with Gasteiger partial charge in [-0.2, -0.15) is 5.10 Å². The van der Waals surface area contributed by atoms with E-state index in [0.29, 0.717) is 17.3 Å². The first-order valence-electron chi connectivity index (χ1n) is 8.07. The van der Waals surface area contributed by atoms with E-state index < -0.39 is 6.29 Å². The smallest absolute Gasteiger partial charge is 0.229 e. The van der Waals surface area contributed by atoms with E-state index in [9.17, 15) is 9.59 Å². The molecule has 1 aliphatic heterocycles. The number of amides is 2. The van der Waals surface area contributed by atoms with Crippen molar-refractivity contribution in [1.29, 1.82) is 0 Å². The third kappa shape index (κ3) is 4.18. The van der Waals surface area contributed by atoms with Crippen LogP contribution in [-0.4, -0.2) is 27.6 Å². The van der Waals surface area contributed by atoms with Crippen LogP contribution in [0.15, 0.2) is 30.3 Å². The Morgan fingerprint density at radius 1 is 1.44 bits per heavy atom. The molecule has 0 bridgehead atoms. The fourth-order valence-electron chi connectivity index (χ4n) is 2.80. The Bertz CT molecular complexity index is 804. The van der Waals surface area contributed by atoms with Crippen LogP contribution in [0, 0.1) is 6.92 Å². The van der Waals surface area contributed by atoms with Crippen molar-refractivity contribution in [3.05, 3.63) is 46.6 Å². The third-order valence-corrected chi connectivity index (χ3v) is 4.28. The van der Waals surface area contributed by atoms with Crippen molar-refractivity contribution < 1.29 is 9.59 Å². The molecule has 0 aliphatic carbocycles. The molecule has 25 heavy (non-hydrogen) atoms. The summed E-state index contributed by atoms with van der Waals surface area (Å²) >= 11 is 6.11. The van der Waals surface area contributed by atoms with Gasteiger partial charge in [-0.15, -0.1) is 0 Å². The lowest BCUT2D eigenvalue weighted by Crippen LogP contribution is -2.52. The average Bonchev–Trinajstić information content (AvgIpc) is 2.89. The zero-order valence-electron chi connectivity index (χ0n) is 14.0. The van der Waals surface area contributed by atoms with E-state index in [1.54, 1.807) is 16.8 Å². The first-order valence-corrected chi connectivity index (χ1v) is 8.45. The van der Waals surface area contributed by atoms with Gasteiger partial charge in [0.2, 0.25) is 11.8 Å². The maximum absolute atomic E-state index is 12.4. The summed E-state index contributed by atoms with van der Waals surface area (Å²) in [5.41, 5.74) is 1.49. The molecule has 1 aromatic heterocycles. The number of aryl methyl sites for hydroxylation is 1. The van der Waals surface area contributed by atoms with Crippen molar-refractivity contribution in [2.24, 2.45) is 0 Å². The first-order chi connectivity index (χ1) is 11.9. The molecule has 1 aliphatic rings. The Balaban J connectivity index is 1.76. The van der Waals surface area contributed by atoms with Gasteiger partial charge in [0.25, 0.3) is 0 Å². The van der Waals surface area contributed by atoms with Crippen LogP contribution in [0.5, 0.6) is 0 Å². The molecular weight excluding hydrogens is 342 g/mol. The summed E-state index contributed by atoms with van der Waals surface area (Å²) in [6.45, 7) is 3.76. The van der Waals surface area contributed by atoms with Crippen LogP contribution < -0.4 is 16.0 Å². The van der Waals surface area contributed by atoms with Gasteiger partial charge in [0.1, 0.15) is 5.82 Å². The maximum atomic E-state index is 12.4. The molecule has 0 saturated carbocycles. The van der Waals surface area contributed by atoms with E-state index in [2.05, 4.69) is 21.0 Å². The van der Waals surface area contributed by atoms with Crippen molar-refractivity contribution in [2.45, 2.75) is 39.0 Å².